The summed E-state index contributed by atoms with van der Waals surface area (Å²) in [6.45, 7) is 12.6. The van der Waals surface area contributed by atoms with Crippen molar-refractivity contribution in [2.75, 3.05) is 11.5 Å². The van der Waals surface area contributed by atoms with Crippen LogP contribution in [-0.2, 0) is 9.84 Å². The Labute approximate surface area is 108 Å². The van der Waals surface area contributed by atoms with Crippen LogP contribution < -0.4 is 0 Å². The molecule has 0 N–H and O–H groups in total. The summed E-state index contributed by atoms with van der Waals surface area (Å²) >= 11 is 0. The molecule has 0 amide bonds. The first-order valence-corrected chi connectivity index (χ1v) is 8.44. The zero-order chi connectivity index (χ0) is 13.7. The Morgan fingerprint density at radius 3 is 1.71 bits per heavy atom. The Balaban J connectivity index is 3.82. The minimum atomic E-state index is -2.86. The van der Waals surface area contributed by atoms with E-state index in [-0.39, 0.29) is 5.41 Å². The van der Waals surface area contributed by atoms with Crippen molar-refractivity contribution in [2.24, 2.45) is 10.8 Å². The fourth-order valence-electron chi connectivity index (χ4n) is 1.89. The second-order valence-electron chi connectivity index (χ2n) is 7.52. The van der Waals surface area contributed by atoms with Gasteiger partial charge in [0.15, 0.2) is 9.84 Å². The highest BCUT2D eigenvalue weighted by Crippen LogP contribution is 2.22. The molecule has 0 bridgehead atoms. The van der Waals surface area contributed by atoms with Gasteiger partial charge in [-0.15, -0.1) is 0 Å². The summed E-state index contributed by atoms with van der Waals surface area (Å²) < 4.78 is 23.6. The van der Waals surface area contributed by atoms with E-state index in [0.717, 1.165) is 19.3 Å². The zero-order valence-electron chi connectivity index (χ0n) is 12.5. The van der Waals surface area contributed by atoms with Gasteiger partial charge >= 0.3 is 0 Å². The SMILES string of the molecule is CC(C)(C)CCCCCS(=O)(=O)CC(C)(C)C. The molecule has 0 aromatic rings. The van der Waals surface area contributed by atoms with E-state index >= 15 is 0 Å². The van der Waals surface area contributed by atoms with E-state index < -0.39 is 9.84 Å². The van der Waals surface area contributed by atoms with E-state index in [1.807, 2.05) is 20.8 Å². The molecule has 0 radical (unpaired) electrons. The lowest BCUT2D eigenvalue weighted by atomic mass is 9.90. The van der Waals surface area contributed by atoms with Crippen LogP contribution in [-0.4, -0.2) is 19.9 Å². The summed E-state index contributed by atoms with van der Waals surface area (Å²) in [5.74, 6) is 0.660. The largest absolute Gasteiger partial charge is 0.229 e. The Morgan fingerprint density at radius 2 is 1.29 bits per heavy atom. The third-order valence-corrected chi connectivity index (χ3v) is 4.75. The van der Waals surface area contributed by atoms with E-state index in [9.17, 15) is 8.42 Å². The lowest BCUT2D eigenvalue weighted by Crippen LogP contribution is -2.23. The van der Waals surface area contributed by atoms with Crippen LogP contribution in [0.3, 0.4) is 0 Å². The van der Waals surface area contributed by atoms with E-state index in [1.165, 1.54) is 6.42 Å². The standard InChI is InChI=1S/C14H30O2S/c1-13(2,3)10-8-7-9-11-17(15,16)12-14(4,5)6/h7-12H2,1-6H3. The third-order valence-electron chi connectivity index (χ3n) is 2.54. The molecule has 0 saturated carbocycles. The van der Waals surface area contributed by atoms with Gasteiger partial charge in [0.1, 0.15) is 0 Å². The van der Waals surface area contributed by atoms with Gasteiger partial charge in [-0.25, -0.2) is 8.42 Å². The molecule has 0 aromatic heterocycles. The molecule has 2 nitrogen and oxygen atoms in total. The van der Waals surface area contributed by atoms with Crippen molar-refractivity contribution >= 4 is 9.84 Å². The lowest BCUT2D eigenvalue weighted by Gasteiger charge is -2.19. The molecule has 0 spiro atoms. The lowest BCUT2D eigenvalue weighted by molar-refractivity contribution is 0.359. The highest BCUT2D eigenvalue weighted by Gasteiger charge is 2.21. The van der Waals surface area contributed by atoms with Gasteiger partial charge in [-0.05, 0) is 23.7 Å². The Morgan fingerprint density at radius 1 is 0.765 bits per heavy atom. The second kappa shape index (κ2) is 6.21. The molecule has 0 unspecified atom stereocenters. The van der Waals surface area contributed by atoms with Crippen molar-refractivity contribution in [3.05, 3.63) is 0 Å². The molecule has 0 rings (SSSR count). The van der Waals surface area contributed by atoms with Crippen molar-refractivity contribution < 1.29 is 8.42 Å². The zero-order valence-corrected chi connectivity index (χ0v) is 13.3. The van der Waals surface area contributed by atoms with Crippen molar-refractivity contribution in [3.8, 4) is 0 Å². The van der Waals surface area contributed by atoms with E-state index in [0.29, 0.717) is 16.9 Å². The topological polar surface area (TPSA) is 34.1 Å². The monoisotopic (exact) mass is 262 g/mol. The average Bonchev–Trinajstić information content (AvgIpc) is 1.95. The van der Waals surface area contributed by atoms with Gasteiger partial charge in [-0.3, -0.25) is 0 Å². The average molecular weight is 262 g/mol. The third kappa shape index (κ3) is 12.2. The molecule has 0 heterocycles. The van der Waals surface area contributed by atoms with Crippen LogP contribution in [0.1, 0.15) is 67.2 Å². The van der Waals surface area contributed by atoms with Gasteiger partial charge in [0, 0.05) is 0 Å². The summed E-state index contributed by atoms with van der Waals surface area (Å²) in [6.07, 6.45) is 4.15. The molecule has 0 saturated heterocycles. The van der Waals surface area contributed by atoms with Gasteiger partial charge in [0.05, 0.1) is 11.5 Å². The molecule has 0 atom stereocenters. The van der Waals surface area contributed by atoms with Gasteiger partial charge in [0.2, 0.25) is 0 Å². The normalized spacial score (nSPS) is 14.0. The molecule has 3 heteroatoms. The quantitative estimate of drug-likeness (QED) is 0.677. The molecular formula is C14H30O2S. The first-order chi connectivity index (χ1) is 7.41. The van der Waals surface area contributed by atoms with Crippen molar-refractivity contribution in [1.29, 1.82) is 0 Å². The molecule has 0 aromatic carbocycles. The first-order valence-electron chi connectivity index (χ1n) is 6.62. The van der Waals surface area contributed by atoms with E-state index in [2.05, 4.69) is 20.8 Å². The highest BCUT2D eigenvalue weighted by atomic mass is 32.2. The van der Waals surface area contributed by atoms with Crippen LogP contribution in [0.25, 0.3) is 0 Å². The fourth-order valence-corrected chi connectivity index (χ4v) is 3.99. The first kappa shape index (κ1) is 16.9. The molecule has 0 aliphatic rings. The molecular weight excluding hydrogens is 232 g/mol. The Hall–Kier alpha value is -0.0500. The summed E-state index contributed by atoms with van der Waals surface area (Å²) in [6, 6.07) is 0. The van der Waals surface area contributed by atoms with E-state index in [4.69, 9.17) is 0 Å². The number of hydrogen-bond acceptors (Lipinski definition) is 2. The molecule has 0 aliphatic carbocycles. The van der Waals surface area contributed by atoms with Gasteiger partial charge in [-0.2, -0.15) is 0 Å². The second-order valence-corrected chi connectivity index (χ2v) is 9.71. The minimum Gasteiger partial charge on any atom is -0.229 e. The van der Waals surface area contributed by atoms with Gasteiger partial charge < -0.3 is 0 Å². The predicted octanol–water partition coefficient (Wildman–Crippen LogP) is 4.05. The smallest absolute Gasteiger partial charge is 0.150 e. The Bertz CT molecular complexity index is 302. The summed E-state index contributed by atoms with van der Waals surface area (Å²) in [7, 11) is -2.86. The Kier molecular flexibility index (Phi) is 6.20. The maximum Gasteiger partial charge on any atom is 0.150 e. The maximum atomic E-state index is 11.8. The molecule has 17 heavy (non-hydrogen) atoms. The maximum absolute atomic E-state index is 11.8. The van der Waals surface area contributed by atoms with Gasteiger partial charge in [-0.1, -0.05) is 54.4 Å². The van der Waals surface area contributed by atoms with Crippen LogP contribution in [0.4, 0.5) is 0 Å². The number of unbranched alkanes of at least 4 members (excludes halogenated alkanes) is 2. The molecule has 0 fully saturated rings. The molecule has 104 valence electrons. The van der Waals surface area contributed by atoms with Crippen LogP contribution in [0, 0.1) is 10.8 Å². The van der Waals surface area contributed by atoms with Crippen LogP contribution >= 0.6 is 0 Å². The van der Waals surface area contributed by atoms with Crippen molar-refractivity contribution in [3.63, 3.8) is 0 Å². The fraction of sp³-hybridized carbons (Fsp3) is 1.00. The number of rotatable bonds is 6. The van der Waals surface area contributed by atoms with Crippen molar-refractivity contribution in [2.45, 2.75) is 67.2 Å². The van der Waals surface area contributed by atoms with E-state index in [1.54, 1.807) is 0 Å². The van der Waals surface area contributed by atoms with Crippen LogP contribution in [0.15, 0.2) is 0 Å². The predicted molar refractivity (Wildman–Crippen MR) is 76.0 cm³/mol. The summed E-state index contributed by atoms with van der Waals surface area (Å²) in [5.41, 5.74) is 0.245. The summed E-state index contributed by atoms with van der Waals surface area (Å²) in [4.78, 5) is 0. The van der Waals surface area contributed by atoms with Crippen molar-refractivity contribution in [1.82, 2.24) is 0 Å². The number of sulfone groups is 1. The number of hydrogen-bond donors (Lipinski definition) is 0. The van der Waals surface area contributed by atoms with Crippen LogP contribution in [0.2, 0.25) is 0 Å². The van der Waals surface area contributed by atoms with Gasteiger partial charge in [0.25, 0.3) is 0 Å². The molecule has 0 aliphatic heterocycles. The minimum absolute atomic E-state index is 0.121. The highest BCUT2D eigenvalue weighted by molar-refractivity contribution is 7.91. The van der Waals surface area contributed by atoms with Crippen LogP contribution in [0.5, 0.6) is 0 Å². The summed E-state index contributed by atoms with van der Waals surface area (Å²) in [5, 5.41) is 0.